The first-order valence-electron chi connectivity index (χ1n) is 7.45. The molecule has 0 bridgehead atoms. The second-order valence-corrected chi connectivity index (χ2v) is 5.66. The topological polar surface area (TPSA) is 68.0 Å². The molecule has 0 aromatic carbocycles. The highest BCUT2D eigenvalue weighted by molar-refractivity contribution is 5.76. The fraction of sp³-hybridized carbons (Fsp3) is 0.625. The van der Waals surface area contributed by atoms with Gasteiger partial charge in [-0.1, -0.05) is 19.9 Å². The fourth-order valence-electron chi connectivity index (χ4n) is 2.36. The van der Waals surface area contributed by atoms with Crippen LogP contribution >= 0.6 is 0 Å². The minimum Gasteiger partial charge on any atom is -0.348 e. The number of nitrogens with two attached hydrogens (primary N) is 1. The van der Waals surface area contributed by atoms with E-state index in [1.54, 1.807) is 6.20 Å². The molecular formula is C16H27N3O. The first-order valence-corrected chi connectivity index (χ1v) is 7.45. The van der Waals surface area contributed by atoms with E-state index >= 15 is 0 Å². The third-order valence-electron chi connectivity index (χ3n) is 3.73. The normalized spacial score (nSPS) is 14.1. The first kappa shape index (κ1) is 16.6. The van der Waals surface area contributed by atoms with Gasteiger partial charge in [0.2, 0.25) is 5.91 Å². The van der Waals surface area contributed by atoms with E-state index in [9.17, 15) is 4.79 Å². The summed E-state index contributed by atoms with van der Waals surface area (Å²) in [5, 5.41) is 3.00. The number of carbonyl (C=O) groups excluding carboxylic acids is 1. The molecule has 1 amide bonds. The van der Waals surface area contributed by atoms with Crippen LogP contribution < -0.4 is 11.1 Å². The van der Waals surface area contributed by atoms with Crippen LogP contribution in [0.2, 0.25) is 0 Å². The number of hydrogen-bond acceptors (Lipinski definition) is 3. The Morgan fingerprint density at radius 2 is 2.05 bits per heavy atom. The predicted octanol–water partition coefficient (Wildman–Crippen LogP) is 2.66. The van der Waals surface area contributed by atoms with Crippen LogP contribution in [-0.4, -0.2) is 17.4 Å². The minimum absolute atomic E-state index is 0.0456. The molecule has 0 saturated heterocycles. The summed E-state index contributed by atoms with van der Waals surface area (Å²) in [4.78, 5) is 16.2. The molecule has 1 heterocycles. The van der Waals surface area contributed by atoms with E-state index in [4.69, 9.17) is 5.73 Å². The zero-order valence-electron chi connectivity index (χ0n) is 12.8. The highest BCUT2D eigenvalue weighted by Gasteiger charge is 2.16. The second kappa shape index (κ2) is 8.69. The Bertz CT molecular complexity index is 392. The predicted molar refractivity (Wildman–Crippen MR) is 82.0 cm³/mol. The molecule has 112 valence electrons. The van der Waals surface area contributed by atoms with Crippen LogP contribution in [0.1, 0.15) is 51.8 Å². The van der Waals surface area contributed by atoms with E-state index in [-0.39, 0.29) is 11.9 Å². The summed E-state index contributed by atoms with van der Waals surface area (Å²) in [5.41, 5.74) is 6.51. The molecule has 0 saturated carbocycles. The third-order valence-corrected chi connectivity index (χ3v) is 3.73. The molecule has 0 aliphatic carbocycles. The zero-order valence-corrected chi connectivity index (χ0v) is 12.8. The monoisotopic (exact) mass is 277 g/mol. The molecule has 0 aliphatic rings. The molecule has 1 aromatic rings. The number of carbonyl (C=O) groups is 1. The molecule has 0 radical (unpaired) electrons. The van der Waals surface area contributed by atoms with Crippen molar-refractivity contribution in [1.82, 2.24) is 10.3 Å². The Morgan fingerprint density at radius 3 is 2.60 bits per heavy atom. The number of nitrogens with zero attached hydrogens (tertiary/aromatic N) is 1. The molecule has 1 unspecified atom stereocenters. The second-order valence-electron chi connectivity index (χ2n) is 5.66. The number of aromatic nitrogens is 1. The molecule has 3 N–H and O–H groups in total. The maximum absolute atomic E-state index is 12.0. The molecular weight excluding hydrogens is 250 g/mol. The Labute approximate surface area is 122 Å². The summed E-state index contributed by atoms with van der Waals surface area (Å²) < 4.78 is 0. The van der Waals surface area contributed by atoms with Gasteiger partial charge in [0.15, 0.2) is 0 Å². The van der Waals surface area contributed by atoms with Gasteiger partial charge in [-0.3, -0.25) is 9.78 Å². The summed E-state index contributed by atoms with van der Waals surface area (Å²) in [6.45, 7) is 7.03. The van der Waals surface area contributed by atoms with Gasteiger partial charge in [0.25, 0.3) is 0 Å². The molecule has 4 nitrogen and oxygen atoms in total. The molecule has 0 fully saturated rings. The van der Waals surface area contributed by atoms with Crippen molar-refractivity contribution in [2.24, 2.45) is 17.6 Å². The van der Waals surface area contributed by atoms with Crippen molar-refractivity contribution in [1.29, 1.82) is 0 Å². The van der Waals surface area contributed by atoms with Crippen molar-refractivity contribution in [3.8, 4) is 0 Å². The number of amides is 1. The lowest BCUT2D eigenvalue weighted by Gasteiger charge is -2.20. The summed E-state index contributed by atoms with van der Waals surface area (Å²) in [6.07, 6.45) is 4.18. The van der Waals surface area contributed by atoms with Gasteiger partial charge >= 0.3 is 0 Å². The maximum atomic E-state index is 12.0. The van der Waals surface area contributed by atoms with Crippen molar-refractivity contribution in [2.45, 2.75) is 46.1 Å². The van der Waals surface area contributed by atoms with E-state index in [2.05, 4.69) is 24.1 Å². The van der Waals surface area contributed by atoms with Crippen LogP contribution in [0.15, 0.2) is 24.4 Å². The van der Waals surface area contributed by atoms with E-state index in [1.807, 2.05) is 25.1 Å². The minimum atomic E-state index is -0.0456. The maximum Gasteiger partial charge on any atom is 0.220 e. The molecule has 0 spiro atoms. The Hall–Kier alpha value is -1.42. The van der Waals surface area contributed by atoms with Crippen LogP contribution in [0.4, 0.5) is 0 Å². The average molecular weight is 277 g/mol. The van der Waals surface area contributed by atoms with E-state index in [1.165, 1.54) is 0 Å². The average Bonchev–Trinajstić information content (AvgIpc) is 2.44. The Kier molecular flexibility index (Phi) is 7.23. The number of hydrogen-bond donors (Lipinski definition) is 2. The molecule has 4 heteroatoms. The number of pyridine rings is 1. The molecule has 1 aromatic heterocycles. The van der Waals surface area contributed by atoms with Gasteiger partial charge < -0.3 is 11.1 Å². The van der Waals surface area contributed by atoms with Crippen molar-refractivity contribution < 1.29 is 4.79 Å². The van der Waals surface area contributed by atoms with Gasteiger partial charge in [0, 0.05) is 12.6 Å². The van der Waals surface area contributed by atoms with Crippen LogP contribution in [0.25, 0.3) is 0 Å². The highest BCUT2D eigenvalue weighted by Crippen LogP contribution is 2.20. The number of nitrogens with one attached hydrogen (secondary N) is 1. The van der Waals surface area contributed by atoms with Crippen molar-refractivity contribution in [3.63, 3.8) is 0 Å². The number of rotatable bonds is 8. The van der Waals surface area contributed by atoms with Gasteiger partial charge in [0.1, 0.15) is 0 Å². The van der Waals surface area contributed by atoms with Crippen molar-refractivity contribution in [3.05, 3.63) is 30.1 Å². The van der Waals surface area contributed by atoms with Gasteiger partial charge in [-0.05, 0) is 50.3 Å². The largest absolute Gasteiger partial charge is 0.348 e. The Balaban J connectivity index is 2.39. The molecule has 1 rings (SSSR count). The van der Waals surface area contributed by atoms with Crippen LogP contribution in [-0.2, 0) is 4.79 Å². The van der Waals surface area contributed by atoms with Crippen LogP contribution in [0.3, 0.4) is 0 Å². The first-order chi connectivity index (χ1) is 9.54. The van der Waals surface area contributed by atoms with Crippen molar-refractivity contribution in [2.75, 3.05) is 6.54 Å². The summed E-state index contributed by atoms with van der Waals surface area (Å²) in [7, 11) is 0. The molecule has 0 aliphatic heterocycles. The summed E-state index contributed by atoms with van der Waals surface area (Å²) >= 11 is 0. The lowest BCUT2D eigenvalue weighted by atomic mass is 9.88. The third kappa shape index (κ3) is 5.70. The van der Waals surface area contributed by atoms with E-state index in [0.29, 0.717) is 24.8 Å². The smallest absolute Gasteiger partial charge is 0.220 e. The zero-order chi connectivity index (χ0) is 15.0. The van der Waals surface area contributed by atoms with E-state index in [0.717, 1.165) is 18.5 Å². The van der Waals surface area contributed by atoms with Crippen LogP contribution in [0.5, 0.6) is 0 Å². The standard InChI is InChI=1S/C16H27N3O/c1-12(2)14(9-10-17)7-8-16(20)19-13(3)15-6-4-5-11-18-15/h4-6,11-14H,7-10,17H2,1-3H3,(H,19,20)/t13-,14?/m0/s1. The van der Waals surface area contributed by atoms with Crippen LogP contribution in [0, 0.1) is 11.8 Å². The highest BCUT2D eigenvalue weighted by atomic mass is 16.1. The lowest BCUT2D eigenvalue weighted by Crippen LogP contribution is -2.28. The van der Waals surface area contributed by atoms with Gasteiger partial charge in [-0.2, -0.15) is 0 Å². The SMILES string of the molecule is CC(C)C(CCN)CCC(=O)N[C@@H](C)c1ccccn1. The molecule has 2 atom stereocenters. The van der Waals surface area contributed by atoms with Crippen molar-refractivity contribution >= 4 is 5.91 Å². The van der Waals surface area contributed by atoms with E-state index < -0.39 is 0 Å². The molecule has 20 heavy (non-hydrogen) atoms. The summed E-state index contributed by atoms with van der Waals surface area (Å²) in [6, 6.07) is 5.69. The van der Waals surface area contributed by atoms with Gasteiger partial charge in [-0.15, -0.1) is 0 Å². The summed E-state index contributed by atoms with van der Waals surface area (Å²) in [5.74, 6) is 1.18. The lowest BCUT2D eigenvalue weighted by molar-refractivity contribution is -0.122. The Morgan fingerprint density at radius 1 is 1.30 bits per heavy atom. The fourth-order valence-corrected chi connectivity index (χ4v) is 2.36. The van der Waals surface area contributed by atoms with Gasteiger partial charge in [0.05, 0.1) is 11.7 Å². The van der Waals surface area contributed by atoms with Gasteiger partial charge in [-0.25, -0.2) is 0 Å². The quantitative estimate of drug-likeness (QED) is 0.767.